The summed E-state index contributed by atoms with van der Waals surface area (Å²) < 4.78 is 36.6. The van der Waals surface area contributed by atoms with E-state index < -0.39 is 12.1 Å². The van der Waals surface area contributed by atoms with E-state index in [0.29, 0.717) is 31.6 Å². The van der Waals surface area contributed by atoms with Crippen LogP contribution in [0.4, 0.5) is 13.2 Å². The number of piperidine rings is 1. The second-order valence-electron chi connectivity index (χ2n) is 4.42. The monoisotopic (exact) mass is 300 g/mol. The van der Waals surface area contributed by atoms with Gasteiger partial charge < -0.3 is 10.2 Å². The molecule has 1 rings (SSSR count). The lowest BCUT2D eigenvalue weighted by molar-refractivity contribution is -0.186. The zero-order chi connectivity index (χ0) is 14.5. The van der Waals surface area contributed by atoms with E-state index in [-0.39, 0.29) is 25.0 Å². The SMILES string of the molecule is O=C(CCCCl)NC1CCN(C(=O)C(F)(F)F)CC1. The number of amides is 2. The fraction of sp³-hybridized carbons (Fsp3) is 0.818. The number of carbonyl (C=O) groups excluding carboxylic acids is 2. The molecular weight excluding hydrogens is 285 g/mol. The minimum absolute atomic E-state index is 0.0127. The molecule has 2 amide bonds. The van der Waals surface area contributed by atoms with Gasteiger partial charge >= 0.3 is 12.1 Å². The van der Waals surface area contributed by atoms with E-state index in [1.807, 2.05) is 0 Å². The smallest absolute Gasteiger partial charge is 0.353 e. The van der Waals surface area contributed by atoms with Crippen LogP contribution >= 0.6 is 11.6 Å². The molecule has 1 saturated heterocycles. The van der Waals surface area contributed by atoms with Crippen molar-refractivity contribution in [2.45, 2.75) is 37.9 Å². The summed E-state index contributed by atoms with van der Waals surface area (Å²) in [5, 5.41) is 2.74. The standard InChI is InChI=1S/C11H16ClF3N2O2/c12-5-1-2-9(18)16-8-3-6-17(7-4-8)10(19)11(13,14)15/h8H,1-7H2,(H,16,18). The van der Waals surface area contributed by atoms with Gasteiger partial charge in [0.2, 0.25) is 5.91 Å². The van der Waals surface area contributed by atoms with Crippen molar-refractivity contribution in [1.82, 2.24) is 10.2 Å². The Kier molecular flexibility index (Phi) is 5.90. The van der Waals surface area contributed by atoms with Crippen LogP contribution in [0.5, 0.6) is 0 Å². The third-order valence-corrected chi connectivity index (χ3v) is 3.19. The normalized spacial score (nSPS) is 17.4. The molecule has 4 nitrogen and oxygen atoms in total. The molecule has 0 bridgehead atoms. The van der Waals surface area contributed by atoms with Gasteiger partial charge in [-0.15, -0.1) is 11.6 Å². The lowest BCUT2D eigenvalue weighted by Gasteiger charge is -2.32. The molecular formula is C11H16ClF3N2O2. The summed E-state index contributed by atoms with van der Waals surface area (Å²) in [5.41, 5.74) is 0. The van der Waals surface area contributed by atoms with Gasteiger partial charge in [0.05, 0.1) is 0 Å². The number of rotatable bonds is 4. The number of likely N-dealkylation sites (tertiary alicyclic amines) is 1. The summed E-state index contributed by atoms with van der Waals surface area (Å²) in [6.45, 7) is 0.0254. The fourth-order valence-corrected chi connectivity index (χ4v) is 2.07. The van der Waals surface area contributed by atoms with Gasteiger partial charge in [-0.25, -0.2) is 0 Å². The van der Waals surface area contributed by atoms with E-state index in [0.717, 1.165) is 4.90 Å². The first-order chi connectivity index (χ1) is 8.84. The van der Waals surface area contributed by atoms with Crippen LogP contribution in [0.25, 0.3) is 0 Å². The second kappa shape index (κ2) is 6.98. The van der Waals surface area contributed by atoms with Crippen molar-refractivity contribution in [3.05, 3.63) is 0 Å². The van der Waals surface area contributed by atoms with Gasteiger partial charge in [0.15, 0.2) is 0 Å². The highest BCUT2D eigenvalue weighted by Gasteiger charge is 2.43. The highest BCUT2D eigenvalue weighted by atomic mass is 35.5. The number of hydrogen-bond donors (Lipinski definition) is 1. The first-order valence-electron chi connectivity index (χ1n) is 6.06. The Labute approximate surface area is 114 Å². The average molecular weight is 301 g/mol. The van der Waals surface area contributed by atoms with Gasteiger partial charge in [-0.2, -0.15) is 13.2 Å². The third kappa shape index (κ3) is 5.26. The minimum atomic E-state index is -4.82. The molecule has 0 aromatic carbocycles. The molecule has 0 radical (unpaired) electrons. The average Bonchev–Trinajstić information content (AvgIpc) is 2.35. The van der Waals surface area contributed by atoms with Crippen LogP contribution in [0.1, 0.15) is 25.7 Å². The Hall–Kier alpha value is -0.980. The zero-order valence-electron chi connectivity index (χ0n) is 10.3. The zero-order valence-corrected chi connectivity index (χ0v) is 11.1. The summed E-state index contributed by atoms with van der Waals surface area (Å²) >= 11 is 5.45. The maximum absolute atomic E-state index is 12.2. The molecule has 0 atom stereocenters. The second-order valence-corrected chi connectivity index (χ2v) is 4.80. The summed E-state index contributed by atoms with van der Waals surface area (Å²) in [7, 11) is 0. The van der Waals surface area contributed by atoms with Crippen molar-refractivity contribution < 1.29 is 22.8 Å². The fourth-order valence-electron chi connectivity index (χ4n) is 1.93. The van der Waals surface area contributed by atoms with Crippen LogP contribution in [0.2, 0.25) is 0 Å². The van der Waals surface area contributed by atoms with Gasteiger partial charge in [-0.05, 0) is 19.3 Å². The van der Waals surface area contributed by atoms with Gasteiger partial charge in [0, 0.05) is 31.4 Å². The molecule has 0 saturated carbocycles. The van der Waals surface area contributed by atoms with Crippen LogP contribution in [-0.4, -0.2) is 47.9 Å². The Balaban J connectivity index is 2.33. The van der Waals surface area contributed by atoms with Gasteiger partial charge in [-0.3, -0.25) is 9.59 Å². The number of hydrogen-bond acceptors (Lipinski definition) is 2. The van der Waals surface area contributed by atoms with Crippen LogP contribution in [0.15, 0.2) is 0 Å². The topological polar surface area (TPSA) is 49.4 Å². The molecule has 1 aliphatic heterocycles. The van der Waals surface area contributed by atoms with Gasteiger partial charge in [0.1, 0.15) is 0 Å². The van der Waals surface area contributed by atoms with Crippen molar-refractivity contribution in [1.29, 1.82) is 0 Å². The molecule has 0 unspecified atom stereocenters. The summed E-state index contributed by atoms with van der Waals surface area (Å²) in [6, 6.07) is -0.167. The first kappa shape index (κ1) is 16.1. The molecule has 1 N–H and O–H groups in total. The van der Waals surface area contributed by atoms with Crippen molar-refractivity contribution >= 4 is 23.4 Å². The quantitative estimate of drug-likeness (QED) is 0.803. The molecule has 1 aliphatic rings. The van der Waals surface area contributed by atoms with Crippen molar-refractivity contribution in [3.63, 3.8) is 0 Å². The number of carbonyl (C=O) groups is 2. The predicted octanol–water partition coefficient (Wildman–Crippen LogP) is 1.67. The van der Waals surface area contributed by atoms with Gasteiger partial charge in [-0.1, -0.05) is 0 Å². The number of nitrogens with one attached hydrogen (secondary N) is 1. The van der Waals surface area contributed by atoms with Crippen molar-refractivity contribution in [2.24, 2.45) is 0 Å². The Morgan fingerprint density at radius 3 is 2.32 bits per heavy atom. The molecule has 8 heteroatoms. The molecule has 110 valence electrons. The van der Waals surface area contributed by atoms with Crippen molar-refractivity contribution in [3.8, 4) is 0 Å². The van der Waals surface area contributed by atoms with Crippen LogP contribution in [-0.2, 0) is 9.59 Å². The van der Waals surface area contributed by atoms with Gasteiger partial charge in [0.25, 0.3) is 0 Å². The summed E-state index contributed by atoms with van der Waals surface area (Å²) in [5.74, 6) is -1.56. The highest BCUT2D eigenvalue weighted by Crippen LogP contribution is 2.21. The van der Waals surface area contributed by atoms with Crippen LogP contribution in [0, 0.1) is 0 Å². The lowest BCUT2D eigenvalue weighted by atomic mass is 10.0. The van der Waals surface area contributed by atoms with E-state index in [4.69, 9.17) is 11.6 Å². The van der Waals surface area contributed by atoms with Crippen LogP contribution < -0.4 is 5.32 Å². The number of alkyl halides is 4. The molecule has 1 heterocycles. The molecule has 0 aromatic heterocycles. The summed E-state index contributed by atoms with van der Waals surface area (Å²) in [4.78, 5) is 23.2. The first-order valence-corrected chi connectivity index (χ1v) is 6.59. The third-order valence-electron chi connectivity index (χ3n) is 2.93. The molecule has 1 fully saturated rings. The Morgan fingerprint density at radius 2 is 1.84 bits per heavy atom. The number of halogens is 4. The molecule has 19 heavy (non-hydrogen) atoms. The van der Waals surface area contributed by atoms with Crippen molar-refractivity contribution in [2.75, 3.05) is 19.0 Å². The summed E-state index contributed by atoms with van der Waals surface area (Å²) in [6.07, 6.45) is -3.26. The lowest BCUT2D eigenvalue weighted by Crippen LogP contribution is -2.50. The maximum Gasteiger partial charge on any atom is 0.471 e. The Morgan fingerprint density at radius 1 is 1.26 bits per heavy atom. The van der Waals surface area contributed by atoms with E-state index in [1.54, 1.807) is 0 Å². The molecule has 0 spiro atoms. The minimum Gasteiger partial charge on any atom is -0.353 e. The van der Waals surface area contributed by atoms with E-state index >= 15 is 0 Å². The number of nitrogens with zero attached hydrogens (tertiary/aromatic N) is 1. The van der Waals surface area contributed by atoms with E-state index in [1.165, 1.54) is 0 Å². The molecule has 0 aromatic rings. The maximum atomic E-state index is 12.2. The largest absolute Gasteiger partial charge is 0.471 e. The van der Waals surface area contributed by atoms with Crippen LogP contribution in [0.3, 0.4) is 0 Å². The highest BCUT2D eigenvalue weighted by molar-refractivity contribution is 6.17. The molecule has 0 aliphatic carbocycles. The van der Waals surface area contributed by atoms with E-state index in [2.05, 4.69) is 5.32 Å². The van der Waals surface area contributed by atoms with E-state index in [9.17, 15) is 22.8 Å². The Bertz CT molecular complexity index is 328. The predicted molar refractivity (Wildman–Crippen MR) is 63.8 cm³/mol.